The third-order valence-corrected chi connectivity index (χ3v) is 4.54. The molecule has 0 fully saturated rings. The molecule has 0 saturated heterocycles. The van der Waals surface area contributed by atoms with Crippen LogP contribution in [-0.4, -0.2) is 29.9 Å². The molecule has 0 aromatic rings. The molecule has 0 spiro atoms. The predicted octanol–water partition coefficient (Wildman–Crippen LogP) is 5.27. The molecule has 0 aliphatic rings. The number of allylic oxidation sites excluding steroid dienone is 2. The number of ketones is 1. The number of carboxylic acid groups (broad SMARTS) is 1. The van der Waals surface area contributed by atoms with Crippen LogP contribution in [0.25, 0.3) is 0 Å². The number of rotatable bonds is 18. The number of hydrogen-bond donors (Lipinski definition) is 2. The lowest BCUT2D eigenvalue weighted by atomic mass is 10.0. The zero-order valence-corrected chi connectivity index (χ0v) is 16.4. The molecule has 0 aliphatic heterocycles. The Morgan fingerprint density at radius 3 is 1.80 bits per heavy atom. The molecule has 25 heavy (non-hydrogen) atoms. The van der Waals surface area contributed by atoms with Crippen LogP contribution >= 0.6 is 0 Å². The molecule has 0 radical (unpaired) electrons. The molecule has 0 amide bonds. The third kappa shape index (κ3) is 14.9. The van der Waals surface area contributed by atoms with Gasteiger partial charge in [-0.25, -0.2) is 0 Å². The van der Waals surface area contributed by atoms with Crippen LogP contribution in [-0.2, 0) is 9.59 Å². The molecule has 2 N–H and O–H groups in total. The number of likely N-dealkylation sites (N-methyl/N-ethyl adjacent to an activating group) is 1. The first kappa shape index (κ1) is 23.8. The Labute approximate surface area is 154 Å². The second-order valence-corrected chi connectivity index (χ2v) is 6.86. The summed E-state index contributed by atoms with van der Waals surface area (Å²) in [5.74, 6) is -1.30. The molecule has 4 heteroatoms. The minimum absolute atomic E-state index is 0.215. The van der Waals surface area contributed by atoms with Crippen molar-refractivity contribution in [3.8, 4) is 0 Å². The highest BCUT2D eigenvalue weighted by Gasteiger charge is 2.22. The lowest BCUT2D eigenvalue weighted by molar-refractivity contribution is -0.143. The minimum atomic E-state index is -1.08. The van der Waals surface area contributed by atoms with Gasteiger partial charge in [0.2, 0.25) is 0 Å². The molecule has 0 aromatic heterocycles. The van der Waals surface area contributed by atoms with Crippen molar-refractivity contribution in [2.75, 3.05) is 7.05 Å². The number of nitrogens with one attached hydrogen (secondary N) is 1. The fourth-order valence-electron chi connectivity index (χ4n) is 2.94. The Kier molecular flexibility index (Phi) is 16.8. The number of aliphatic carboxylic acids is 1. The van der Waals surface area contributed by atoms with Crippen molar-refractivity contribution in [3.63, 3.8) is 0 Å². The molecule has 0 heterocycles. The first-order valence-corrected chi connectivity index (χ1v) is 10.2. The second kappa shape index (κ2) is 17.7. The number of Topliss-reactive ketones (excluding diaryl/α,β-unsaturated/α-hetero) is 1. The average Bonchev–Trinajstić information content (AvgIpc) is 2.58. The molecule has 1 atom stereocenters. The largest absolute Gasteiger partial charge is 0.480 e. The fourth-order valence-corrected chi connectivity index (χ4v) is 2.94. The van der Waals surface area contributed by atoms with E-state index in [9.17, 15) is 9.59 Å². The summed E-state index contributed by atoms with van der Waals surface area (Å²) in [4.78, 5) is 22.5. The molecule has 0 saturated carbocycles. The fraction of sp³-hybridized carbons (Fsp3) is 0.810. The number of carbonyl (C=O) groups is 2. The van der Waals surface area contributed by atoms with E-state index in [0.29, 0.717) is 6.42 Å². The third-order valence-electron chi connectivity index (χ3n) is 4.54. The summed E-state index contributed by atoms with van der Waals surface area (Å²) in [7, 11) is 1.51. The van der Waals surface area contributed by atoms with Crippen LogP contribution in [0.5, 0.6) is 0 Å². The van der Waals surface area contributed by atoms with Crippen LogP contribution in [0, 0.1) is 0 Å². The maximum Gasteiger partial charge on any atom is 0.328 e. The van der Waals surface area contributed by atoms with E-state index in [4.69, 9.17) is 5.11 Å². The number of carbonyl (C=O) groups excluding carboxylic acids is 1. The van der Waals surface area contributed by atoms with Crippen LogP contribution < -0.4 is 5.32 Å². The monoisotopic (exact) mass is 353 g/mol. The Bertz CT molecular complexity index is 366. The van der Waals surface area contributed by atoms with Gasteiger partial charge in [0.15, 0.2) is 11.8 Å². The number of hydrogen-bond acceptors (Lipinski definition) is 3. The zero-order valence-electron chi connectivity index (χ0n) is 16.4. The van der Waals surface area contributed by atoms with Gasteiger partial charge in [0.05, 0.1) is 0 Å². The van der Waals surface area contributed by atoms with Crippen molar-refractivity contribution >= 4 is 11.8 Å². The number of carboxylic acids is 1. The van der Waals surface area contributed by atoms with Crippen molar-refractivity contribution in [1.82, 2.24) is 5.32 Å². The van der Waals surface area contributed by atoms with Crippen LogP contribution in [0.15, 0.2) is 12.2 Å². The van der Waals surface area contributed by atoms with Crippen LogP contribution in [0.3, 0.4) is 0 Å². The van der Waals surface area contributed by atoms with Gasteiger partial charge >= 0.3 is 5.97 Å². The van der Waals surface area contributed by atoms with Gasteiger partial charge in [0.1, 0.15) is 0 Å². The second-order valence-electron chi connectivity index (χ2n) is 6.86. The van der Waals surface area contributed by atoms with Crippen molar-refractivity contribution in [1.29, 1.82) is 0 Å². The summed E-state index contributed by atoms with van der Waals surface area (Å²) in [6.45, 7) is 2.25. The first-order valence-electron chi connectivity index (χ1n) is 10.2. The van der Waals surface area contributed by atoms with E-state index >= 15 is 0 Å². The van der Waals surface area contributed by atoms with Crippen molar-refractivity contribution in [3.05, 3.63) is 12.2 Å². The van der Waals surface area contributed by atoms with E-state index in [0.717, 1.165) is 25.7 Å². The van der Waals surface area contributed by atoms with Gasteiger partial charge in [-0.2, -0.15) is 0 Å². The van der Waals surface area contributed by atoms with Gasteiger partial charge in [0.25, 0.3) is 0 Å². The van der Waals surface area contributed by atoms with Crippen LogP contribution in [0.2, 0.25) is 0 Å². The molecule has 0 bridgehead atoms. The van der Waals surface area contributed by atoms with Gasteiger partial charge in [-0.15, -0.1) is 0 Å². The van der Waals surface area contributed by atoms with Gasteiger partial charge in [-0.3, -0.25) is 9.59 Å². The summed E-state index contributed by atoms with van der Waals surface area (Å²) in [5.41, 5.74) is 0. The Hall–Kier alpha value is -1.16. The molecular formula is C21H39NO3. The first-order chi connectivity index (χ1) is 12.1. The highest BCUT2D eigenvalue weighted by Crippen LogP contribution is 2.10. The molecular weight excluding hydrogens is 314 g/mol. The summed E-state index contributed by atoms with van der Waals surface area (Å²) in [5, 5.41) is 11.4. The van der Waals surface area contributed by atoms with Crippen LogP contribution in [0.1, 0.15) is 96.8 Å². The Balaban J connectivity index is 3.37. The van der Waals surface area contributed by atoms with Crippen LogP contribution in [0.4, 0.5) is 0 Å². The topological polar surface area (TPSA) is 66.4 Å². The quantitative estimate of drug-likeness (QED) is 0.200. The highest BCUT2D eigenvalue weighted by atomic mass is 16.4. The van der Waals surface area contributed by atoms with Crippen molar-refractivity contribution in [2.24, 2.45) is 0 Å². The highest BCUT2D eigenvalue weighted by molar-refractivity contribution is 6.02. The summed E-state index contributed by atoms with van der Waals surface area (Å²) in [6.07, 6.45) is 20.8. The van der Waals surface area contributed by atoms with E-state index in [1.54, 1.807) is 0 Å². The van der Waals surface area contributed by atoms with Gasteiger partial charge < -0.3 is 10.4 Å². The summed E-state index contributed by atoms with van der Waals surface area (Å²) in [6, 6.07) is -1.04. The SMILES string of the molecule is CCCCCCCC/C=C\CCCCCCCC(=O)C(NC)C(=O)O. The van der Waals surface area contributed by atoms with Crippen molar-refractivity contribution in [2.45, 2.75) is 103 Å². The zero-order chi connectivity index (χ0) is 18.8. The van der Waals surface area contributed by atoms with E-state index in [1.807, 2.05) is 0 Å². The molecule has 0 rings (SSSR count). The lowest BCUT2D eigenvalue weighted by Gasteiger charge is -2.09. The van der Waals surface area contributed by atoms with Gasteiger partial charge in [-0.1, -0.05) is 70.4 Å². The minimum Gasteiger partial charge on any atom is -0.480 e. The van der Waals surface area contributed by atoms with Crippen molar-refractivity contribution < 1.29 is 14.7 Å². The lowest BCUT2D eigenvalue weighted by Crippen LogP contribution is -2.41. The van der Waals surface area contributed by atoms with Gasteiger partial charge in [-0.05, 0) is 39.2 Å². The maximum absolute atomic E-state index is 11.7. The Morgan fingerprint density at radius 2 is 1.32 bits per heavy atom. The predicted molar refractivity (Wildman–Crippen MR) is 105 cm³/mol. The molecule has 146 valence electrons. The van der Waals surface area contributed by atoms with E-state index < -0.39 is 12.0 Å². The average molecular weight is 354 g/mol. The van der Waals surface area contributed by atoms with E-state index in [2.05, 4.69) is 24.4 Å². The van der Waals surface area contributed by atoms with E-state index in [1.165, 1.54) is 64.8 Å². The standard InChI is InChI=1S/C21H39NO3/c1-3-4-5-6-7-8-9-10-11-12-13-14-15-16-17-18-19(23)20(22-2)21(24)25/h10-11,20,22H,3-9,12-18H2,1-2H3,(H,24,25)/b11-10-. The molecule has 0 aromatic carbocycles. The van der Waals surface area contributed by atoms with Gasteiger partial charge in [0, 0.05) is 6.42 Å². The molecule has 4 nitrogen and oxygen atoms in total. The van der Waals surface area contributed by atoms with E-state index in [-0.39, 0.29) is 5.78 Å². The molecule has 1 unspecified atom stereocenters. The summed E-state index contributed by atoms with van der Waals surface area (Å²) >= 11 is 0. The summed E-state index contributed by atoms with van der Waals surface area (Å²) < 4.78 is 0. The smallest absolute Gasteiger partial charge is 0.328 e. The molecule has 0 aliphatic carbocycles. The number of unbranched alkanes of at least 4 members (excludes halogenated alkanes) is 11. The Morgan fingerprint density at radius 1 is 0.840 bits per heavy atom. The normalized spacial score (nSPS) is 12.6. The maximum atomic E-state index is 11.7.